The second kappa shape index (κ2) is 1.71. The van der Waals surface area contributed by atoms with Crippen LogP contribution < -0.4 is 0 Å². The van der Waals surface area contributed by atoms with Crippen molar-refractivity contribution in [3.05, 3.63) is 10.1 Å². The van der Waals surface area contributed by atoms with Gasteiger partial charge in [-0.1, -0.05) is 0 Å². The highest BCUT2D eigenvalue weighted by Crippen LogP contribution is 1.55. The summed E-state index contributed by atoms with van der Waals surface area (Å²) in [5.41, 5.74) is 0. The van der Waals surface area contributed by atoms with Crippen molar-refractivity contribution >= 4 is 10.5 Å². The maximum absolute atomic E-state index is 8.99. The first-order valence-corrected chi connectivity index (χ1v) is 1.77. The fraction of sp³-hybridized carbons (Fsp3) is 0. The van der Waals surface area contributed by atoms with Crippen LogP contribution in [0.25, 0.3) is 0 Å². The highest BCUT2D eigenvalue weighted by molar-refractivity contribution is 5.97. The first-order chi connectivity index (χ1) is 2.27. The molecule has 0 atom stereocenters. The van der Waals surface area contributed by atoms with Crippen molar-refractivity contribution < 1.29 is 9.61 Å². The molecule has 0 aromatic heterocycles. The van der Waals surface area contributed by atoms with Crippen molar-refractivity contribution in [1.29, 1.82) is 0 Å². The van der Waals surface area contributed by atoms with Gasteiger partial charge in [0, 0.05) is 0 Å². The van der Waals surface area contributed by atoms with Crippen LogP contribution in [0.2, 0.25) is 0 Å². The predicted octanol–water partition coefficient (Wildman–Crippen LogP) is -1.52. The van der Waals surface area contributed by atoms with E-state index in [0.717, 1.165) is 0 Å². The standard InChI is InChI=1S/H3NO3Si/c2-1(3)4-5/h5H3. The quantitative estimate of drug-likeness (QED) is 0.224. The minimum absolute atomic E-state index is 0.174. The predicted molar refractivity (Wildman–Crippen MR) is 18.0 cm³/mol. The third-order valence-electron chi connectivity index (χ3n) is 0.149. The summed E-state index contributed by atoms with van der Waals surface area (Å²) in [5, 5.41) is 8.17. The fourth-order valence-electron chi connectivity index (χ4n) is 0. The van der Waals surface area contributed by atoms with Gasteiger partial charge >= 0.3 is 0 Å². The van der Waals surface area contributed by atoms with Crippen LogP contribution in [0.4, 0.5) is 0 Å². The topological polar surface area (TPSA) is 52.4 Å². The number of hydrogen-bond donors (Lipinski definition) is 0. The Morgan fingerprint density at radius 1 is 2.00 bits per heavy atom. The summed E-state index contributed by atoms with van der Waals surface area (Å²) in [6.07, 6.45) is 0. The largest absolute Gasteiger partial charge is 0.378 e. The third-order valence-corrected chi connectivity index (χ3v) is 0.447. The van der Waals surface area contributed by atoms with E-state index in [0.29, 0.717) is 0 Å². The van der Waals surface area contributed by atoms with Crippen molar-refractivity contribution in [2.75, 3.05) is 0 Å². The summed E-state index contributed by atoms with van der Waals surface area (Å²) in [7, 11) is 0.174. The molecule has 0 aliphatic carbocycles. The summed E-state index contributed by atoms with van der Waals surface area (Å²) in [6.45, 7) is 0. The Kier molecular flexibility index (Phi) is 1.51. The van der Waals surface area contributed by atoms with E-state index in [-0.39, 0.29) is 10.5 Å². The molecule has 0 aliphatic rings. The van der Waals surface area contributed by atoms with Crippen LogP contribution in [0, 0.1) is 10.1 Å². The van der Waals surface area contributed by atoms with Crippen LogP contribution in [0.5, 0.6) is 0 Å². The number of nitrogens with zero attached hydrogens (tertiary/aromatic N) is 1. The van der Waals surface area contributed by atoms with E-state index in [2.05, 4.69) is 4.53 Å². The van der Waals surface area contributed by atoms with E-state index < -0.39 is 5.09 Å². The zero-order valence-corrected chi connectivity index (χ0v) is 4.67. The lowest BCUT2D eigenvalue weighted by molar-refractivity contribution is -0.714. The number of rotatable bonds is 1. The molecule has 0 saturated heterocycles. The molecule has 5 heteroatoms. The molecule has 0 unspecified atom stereocenters. The molecule has 0 aromatic rings. The summed E-state index contributed by atoms with van der Waals surface area (Å²) in [5.74, 6) is 0. The Morgan fingerprint density at radius 2 is 2.20 bits per heavy atom. The molecule has 30 valence electrons. The van der Waals surface area contributed by atoms with Gasteiger partial charge in [0.25, 0.3) is 5.09 Å². The van der Waals surface area contributed by atoms with Gasteiger partial charge in [-0.25, -0.2) is 0 Å². The second-order valence-corrected chi connectivity index (χ2v) is 0.771. The first-order valence-electron chi connectivity index (χ1n) is 0.956. The second-order valence-electron chi connectivity index (χ2n) is 0.406. The van der Waals surface area contributed by atoms with Gasteiger partial charge in [0.1, 0.15) is 0 Å². The van der Waals surface area contributed by atoms with E-state index in [4.69, 9.17) is 10.1 Å². The van der Waals surface area contributed by atoms with Crippen LogP contribution in [-0.4, -0.2) is 15.6 Å². The SMILES string of the molecule is O=[N+]([O-])O[SiH3]. The molecule has 5 heavy (non-hydrogen) atoms. The average molecular weight is 93.1 g/mol. The molecule has 4 nitrogen and oxygen atoms in total. The molecule has 0 aliphatic heterocycles. The summed E-state index contributed by atoms with van der Waals surface area (Å²) in [6, 6.07) is 0. The lowest BCUT2D eigenvalue weighted by atomic mass is 13.1. The third kappa shape index (κ3) is 3.42. The number of hydrogen-bond acceptors (Lipinski definition) is 3. The Hall–Kier alpha value is -0.583. The normalized spacial score (nSPS) is 7.20. The molecule has 0 radical (unpaired) electrons. The maximum atomic E-state index is 8.99. The molecular formula is H3NO3Si. The van der Waals surface area contributed by atoms with Crippen molar-refractivity contribution in [3.63, 3.8) is 0 Å². The van der Waals surface area contributed by atoms with E-state index in [1.807, 2.05) is 0 Å². The van der Waals surface area contributed by atoms with E-state index >= 15 is 0 Å². The van der Waals surface area contributed by atoms with Gasteiger partial charge in [-0.2, -0.15) is 0 Å². The highest BCUT2D eigenvalue weighted by Gasteiger charge is 1.76. The van der Waals surface area contributed by atoms with Gasteiger partial charge in [-0.3, -0.25) is 0 Å². The van der Waals surface area contributed by atoms with Gasteiger partial charge in [-0.15, -0.1) is 10.1 Å². The molecule has 0 spiro atoms. The fourth-order valence-corrected chi connectivity index (χ4v) is 0. The van der Waals surface area contributed by atoms with Crippen molar-refractivity contribution in [3.8, 4) is 0 Å². The van der Waals surface area contributed by atoms with Gasteiger partial charge in [0.05, 0.1) is 0 Å². The van der Waals surface area contributed by atoms with E-state index in [1.165, 1.54) is 0 Å². The van der Waals surface area contributed by atoms with Crippen LogP contribution in [0.15, 0.2) is 0 Å². The van der Waals surface area contributed by atoms with Gasteiger partial charge < -0.3 is 4.53 Å². The van der Waals surface area contributed by atoms with Crippen LogP contribution in [-0.2, 0) is 4.53 Å². The van der Waals surface area contributed by atoms with Gasteiger partial charge in [0.2, 0.25) is 10.5 Å². The van der Waals surface area contributed by atoms with Gasteiger partial charge in [-0.05, 0) is 0 Å². The Bertz CT molecular complexity index is 42.2. The molecule has 0 amide bonds. The molecular weight excluding hydrogens is 90.1 g/mol. The lowest BCUT2D eigenvalue weighted by Gasteiger charge is -1.76. The van der Waals surface area contributed by atoms with E-state index in [9.17, 15) is 0 Å². The molecule has 0 bridgehead atoms. The summed E-state index contributed by atoms with van der Waals surface area (Å²) < 4.78 is 3.61. The molecule has 0 rings (SSSR count). The first kappa shape index (κ1) is 4.42. The summed E-state index contributed by atoms with van der Waals surface area (Å²) >= 11 is 0. The minimum atomic E-state index is -0.813. The Morgan fingerprint density at radius 3 is 2.20 bits per heavy atom. The van der Waals surface area contributed by atoms with Crippen LogP contribution in [0.3, 0.4) is 0 Å². The lowest BCUT2D eigenvalue weighted by Crippen LogP contribution is -1.93. The monoisotopic (exact) mass is 93.0 g/mol. The summed E-state index contributed by atoms with van der Waals surface area (Å²) in [4.78, 5) is 8.99. The molecule has 0 N–H and O–H groups in total. The van der Waals surface area contributed by atoms with Crippen molar-refractivity contribution in [2.24, 2.45) is 0 Å². The Labute approximate surface area is 31.4 Å². The zero-order chi connectivity index (χ0) is 4.28. The molecule has 0 saturated carbocycles. The maximum Gasteiger partial charge on any atom is 0.283 e. The zero-order valence-electron chi connectivity index (χ0n) is 2.67. The van der Waals surface area contributed by atoms with Gasteiger partial charge in [0.15, 0.2) is 0 Å². The smallest absolute Gasteiger partial charge is 0.283 e. The Balaban J connectivity index is 2.85. The molecule has 0 heterocycles. The molecule has 0 fully saturated rings. The van der Waals surface area contributed by atoms with Crippen LogP contribution >= 0.6 is 0 Å². The average Bonchev–Trinajstić information content (AvgIpc) is 1.38. The minimum Gasteiger partial charge on any atom is -0.378 e. The molecule has 0 aromatic carbocycles. The van der Waals surface area contributed by atoms with Crippen molar-refractivity contribution in [2.45, 2.75) is 0 Å². The van der Waals surface area contributed by atoms with Crippen molar-refractivity contribution in [1.82, 2.24) is 0 Å². The van der Waals surface area contributed by atoms with E-state index in [1.54, 1.807) is 0 Å². The highest BCUT2D eigenvalue weighted by atomic mass is 28.2. The van der Waals surface area contributed by atoms with Crippen LogP contribution in [0.1, 0.15) is 0 Å².